The summed E-state index contributed by atoms with van der Waals surface area (Å²) in [6, 6.07) is 16.4. The number of aromatic nitrogens is 2. The predicted molar refractivity (Wildman–Crippen MR) is 117 cm³/mol. The molecule has 1 saturated heterocycles. The molecule has 0 spiro atoms. The first-order valence-electron chi connectivity index (χ1n) is 10.4. The fourth-order valence-electron chi connectivity index (χ4n) is 4.05. The Morgan fingerprint density at radius 2 is 1.93 bits per heavy atom. The van der Waals surface area contributed by atoms with Gasteiger partial charge in [-0.25, -0.2) is 9.97 Å². The van der Waals surface area contributed by atoms with Gasteiger partial charge in [0.15, 0.2) is 0 Å². The second kappa shape index (κ2) is 8.19. The quantitative estimate of drug-likeness (QED) is 0.722. The third-order valence-electron chi connectivity index (χ3n) is 5.76. The van der Waals surface area contributed by atoms with Crippen LogP contribution in [0.1, 0.15) is 42.6 Å². The first-order chi connectivity index (χ1) is 14.0. The van der Waals surface area contributed by atoms with Crippen LogP contribution in [0.5, 0.6) is 0 Å². The Hall–Kier alpha value is -2.95. The van der Waals surface area contributed by atoms with Gasteiger partial charge < -0.3 is 10.2 Å². The van der Waals surface area contributed by atoms with E-state index >= 15 is 0 Å². The molecule has 29 heavy (non-hydrogen) atoms. The molecule has 1 N–H and O–H groups in total. The van der Waals surface area contributed by atoms with Crippen LogP contribution in [0.4, 0.5) is 5.95 Å². The standard InChI is InChI=1S/C24H28N4O/c1-16-11-12-21-18(3)26-24(27-22(21)14-16)28-13-7-10-20(15-28)23(29)25-17(2)19-8-5-4-6-9-19/h4-6,8-9,11-12,14,17,20H,7,10,13,15H2,1-3H3,(H,25,29)/t17-,20?/m1/s1. The summed E-state index contributed by atoms with van der Waals surface area (Å²) in [4.78, 5) is 24.6. The second-order valence-electron chi connectivity index (χ2n) is 8.06. The van der Waals surface area contributed by atoms with Crippen LogP contribution in [0.25, 0.3) is 10.9 Å². The van der Waals surface area contributed by atoms with Gasteiger partial charge in [-0.15, -0.1) is 0 Å². The van der Waals surface area contributed by atoms with Crippen LogP contribution in [-0.4, -0.2) is 29.0 Å². The molecule has 1 aliphatic heterocycles. The minimum absolute atomic E-state index is 0.00113. The van der Waals surface area contributed by atoms with Crippen LogP contribution < -0.4 is 10.2 Å². The number of amides is 1. The Labute approximate surface area is 172 Å². The SMILES string of the molecule is Cc1ccc2c(C)nc(N3CCCC(C(=O)N[C@H](C)c4ccccc4)C3)nc2c1. The lowest BCUT2D eigenvalue weighted by Gasteiger charge is -2.33. The third kappa shape index (κ3) is 4.24. The van der Waals surface area contributed by atoms with Crippen LogP contribution in [0, 0.1) is 19.8 Å². The highest BCUT2D eigenvalue weighted by molar-refractivity contribution is 5.83. The van der Waals surface area contributed by atoms with Crippen molar-refractivity contribution < 1.29 is 4.79 Å². The minimum Gasteiger partial charge on any atom is -0.349 e. The Balaban J connectivity index is 1.49. The highest BCUT2D eigenvalue weighted by Gasteiger charge is 2.28. The van der Waals surface area contributed by atoms with Crippen molar-refractivity contribution in [2.24, 2.45) is 5.92 Å². The number of carbonyl (C=O) groups is 1. The van der Waals surface area contributed by atoms with Gasteiger partial charge in [-0.3, -0.25) is 4.79 Å². The molecule has 4 rings (SSSR count). The maximum absolute atomic E-state index is 12.9. The van der Waals surface area contributed by atoms with E-state index in [0.717, 1.165) is 47.5 Å². The molecule has 0 saturated carbocycles. The summed E-state index contributed by atoms with van der Waals surface area (Å²) in [5, 5.41) is 4.27. The average molecular weight is 389 g/mol. The third-order valence-corrected chi connectivity index (χ3v) is 5.76. The Morgan fingerprint density at radius 3 is 2.72 bits per heavy atom. The average Bonchev–Trinajstić information content (AvgIpc) is 2.74. The van der Waals surface area contributed by atoms with E-state index in [1.54, 1.807) is 0 Å². The summed E-state index contributed by atoms with van der Waals surface area (Å²) in [6.45, 7) is 7.68. The molecule has 5 nitrogen and oxygen atoms in total. The molecule has 0 aliphatic carbocycles. The molecule has 1 unspecified atom stereocenters. The zero-order valence-electron chi connectivity index (χ0n) is 17.4. The summed E-state index contributed by atoms with van der Waals surface area (Å²) in [5.74, 6) is 0.792. The molecule has 150 valence electrons. The second-order valence-corrected chi connectivity index (χ2v) is 8.06. The molecule has 5 heteroatoms. The minimum atomic E-state index is -0.0491. The van der Waals surface area contributed by atoms with Crippen molar-refractivity contribution in [3.05, 3.63) is 65.4 Å². The van der Waals surface area contributed by atoms with Gasteiger partial charge >= 0.3 is 0 Å². The van der Waals surface area contributed by atoms with E-state index in [1.807, 2.05) is 44.2 Å². The highest BCUT2D eigenvalue weighted by atomic mass is 16.2. The predicted octanol–water partition coefficient (Wildman–Crippen LogP) is 4.34. The lowest BCUT2D eigenvalue weighted by Crippen LogP contribution is -2.44. The van der Waals surface area contributed by atoms with E-state index in [1.165, 1.54) is 5.56 Å². The van der Waals surface area contributed by atoms with Crippen LogP contribution >= 0.6 is 0 Å². The molecule has 1 aromatic heterocycles. The number of rotatable bonds is 4. The van der Waals surface area contributed by atoms with Crippen LogP contribution in [0.3, 0.4) is 0 Å². The summed E-state index contributed by atoms with van der Waals surface area (Å²) in [6.07, 6.45) is 1.86. The zero-order chi connectivity index (χ0) is 20.4. The molecule has 1 fully saturated rings. The number of fused-ring (bicyclic) bond motifs is 1. The molecule has 2 heterocycles. The van der Waals surface area contributed by atoms with Crippen molar-refractivity contribution in [3.8, 4) is 0 Å². The zero-order valence-corrected chi connectivity index (χ0v) is 17.4. The number of hydrogen-bond donors (Lipinski definition) is 1. The molecular weight excluding hydrogens is 360 g/mol. The van der Waals surface area contributed by atoms with Gasteiger partial charge in [0, 0.05) is 18.5 Å². The fourth-order valence-corrected chi connectivity index (χ4v) is 4.05. The summed E-state index contributed by atoms with van der Waals surface area (Å²) >= 11 is 0. The van der Waals surface area contributed by atoms with Gasteiger partial charge in [0.25, 0.3) is 0 Å². The molecular formula is C24H28N4O. The highest BCUT2D eigenvalue weighted by Crippen LogP contribution is 2.25. The topological polar surface area (TPSA) is 58.1 Å². The van der Waals surface area contributed by atoms with Crippen molar-refractivity contribution in [1.29, 1.82) is 0 Å². The van der Waals surface area contributed by atoms with Gasteiger partial charge in [-0.2, -0.15) is 0 Å². The van der Waals surface area contributed by atoms with E-state index in [0.29, 0.717) is 6.54 Å². The van der Waals surface area contributed by atoms with Crippen molar-refractivity contribution in [2.45, 2.75) is 39.7 Å². The van der Waals surface area contributed by atoms with Gasteiger partial charge in [0.1, 0.15) is 0 Å². The lowest BCUT2D eigenvalue weighted by atomic mass is 9.96. The first-order valence-corrected chi connectivity index (χ1v) is 10.4. The number of piperidine rings is 1. The van der Waals surface area contributed by atoms with E-state index in [-0.39, 0.29) is 17.9 Å². The van der Waals surface area contributed by atoms with E-state index in [2.05, 4.69) is 35.3 Å². The fraction of sp³-hybridized carbons (Fsp3) is 0.375. The first kappa shape index (κ1) is 19.4. The smallest absolute Gasteiger partial charge is 0.226 e. The molecule has 1 amide bonds. The molecule has 2 atom stereocenters. The molecule has 2 aromatic carbocycles. The van der Waals surface area contributed by atoms with Crippen molar-refractivity contribution in [2.75, 3.05) is 18.0 Å². The molecule has 0 bridgehead atoms. The van der Waals surface area contributed by atoms with Crippen LogP contribution in [0.2, 0.25) is 0 Å². The van der Waals surface area contributed by atoms with Crippen molar-refractivity contribution >= 4 is 22.8 Å². The number of anilines is 1. The monoisotopic (exact) mass is 388 g/mol. The molecule has 1 aliphatic rings. The van der Waals surface area contributed by atoms with Crippen molar-refractivity contribution in [1.82, 2.24) is 15.3 Å². The maximum atomic E-state index is 12.9. The maximum Gasteiger partial charge on any atom is 0.226 e. The Morgan fingerprint density at radius 1 is 1.14 bits per heavy atom. The number of aryl methyl sites for hydroxylation is 2. The Bertz CT molecular complexity index is 1020. The van der Waals surface area contributed by atoms with Crippen LogP contribution in [0.15, 0.2) is 48.5 Å². The largest absolute Gasteiger partial charge is 0.349 e. The normalized spacial score (nSPS) is 17.9. The number of nitrogens with one attached hydrogen (secondary N) is 1. The van der Waals surface area contributed by atoms with E-state index < -0.39 is 0 Å². The summed E-state index contributed by atoms with van der Waals surface area (Å²) in [5.41, 5.74) is 4.26. The summed E-state index contributed by atoms with van der Waals surface area (Å²) < 4.78 is 0. The Kier molecular flexibility index (Phi) is 5.47. The number of carbonyl (C=O) groups excluding carboxylic acids is 1. The molecule has 0 radical (unpaired) electrons. The van der Waals surface area contributed by atoms with Crippen molar-refractivity contribution in [3.63, 3.8) is 0 Å². The number of nitrogens with zero attached hydrogens (tertiary/aromatic N) is 3. The number of benzene rings is 2. The van der Waals surface area contributed by atoms with Gasteiger partial charge in [0.2, 0.25) is 11.9 Å². The van der Waals surface area contributed by atoms with Gasteiger partial charge in [-0.05, 0) is 50.8 Å². The lowest BCUT2D eigenvalue weighted by molar-refractivity contribution is -0.125. The summed E-state index contributed by atoms with van der Waals surface area (Å²) in [7, 11) is 0. The van der Waals surface area contributed by atoms with Crippen LogP contribution in [-0.2, 0) is 4.79 Å². The number of hydrogen-bond acceptors (Lipinski definition) is 4. The van der Waals surface area contributed by atoms with Gasteiger partial charge in [-0.1, -0.05) is 42.5 Å². The molecule has 3 aromatic rings. The van der Waals surface area contributed by atoms with Gasteiger partial charge in [0.05, 0.1) is 23.2 Å². The van der Waals surface area contributed by atoms with E-state index in [9.17, 15) is 4.79 Å². The van der Waals surface area contributed by atoms with E-state index in [4.69, 9.17) is 9.97 Å².